The van der Waals surface area contributed by atoms with Gasteiger partial charge in [-0.1, -0.05) is 209 Å². The minimum absolute atomic E-state index is 0.0474. The molecule has 0 saturated carbocycles. The van der Waals surface area contributed by atoms with E-state index in [1.165, 1.54) is 38.5 Å². The predicted molar refractivity (Wildman–Crippen MR) is 294 cm³/mol. The number of aliphatic hydroxyl groups is 2. The zero-order valence-corrected chi connectivity index (χ0v) is 45.9. The van der Waals surface area contributed by atoms with Gasteiger partial charge in [0, 0.05) is 19.3 Å². The van der Waals surface area contributed by atoms with Crippen LogP contribution in [-0.4, -0.2) is 89.2 Å². The lowest BCUT2D eigenvalue weighted by molar-refractivity contribution is -0.301. The Kier molecular flexibility index (Phi) is 45.1. The molecule has 1 aliphatic heterocycles. The van der Waals surface area contributed by atoms with Gasteiger partial charge in [-0.15, -0.1) is 0 Å². The Morgan fingerprint density at radius 2 is 0.863 bits per heavy atom. The van der Waals surface area contributed by atoms with E-state index >= 15 is 0 Å². The van der Waals surface area contributed by atoms with Crippen LogP contribution in [0.15, 0.2) is 72.9 Å². The Balaban J connectivity index is 2.65. The summed E-state index contributed by atoms with van der Waals surface area (Å²) < 4.78 is 28.4. The second-order valence-corrected chi connectivity index (χ2v) is 19.5. The van der Waals surface area contributed by atoms with Crippen molar-refractivity contribution in [1.29, 1.82) is 0 Å². The first-order valence-electron chi connectivity index (χ1n) is 28.9. The molecule has 0 aromatic heterocycles. The first kappa shape index (κ1) is 67.2. The Labute approximate surface area is 442 Å². The molecule has 0 radical (unpaired) electrons. The largest absolute Gasteiger partial charge is 0.479 e. The summed E-state index contributed by atoms with van der Waals surface area (Å²) in [7, 11) is 0. The zero-order chi connectivity index (χ0) is 53.3. The lowest BCUT2D eigenvalue weighted by Gasteiger charge is -2.40. The number of carbonyl (C=O) groups is 4. The fraction of sp³-hybridized carbons (Fsp3) is 0.738. The standard InChI is InChI=1S/C61H102O12/c1-4-7-10-13-16-19-21-23-25-27-29-31-33-36-38-41-44-47-53(62)69-50-52(71-54(63)48-45-42-39-35-18-15-12-9-6-3)51-70-61-59(57(66)56(65)58(73-61)60(67)68)72-55(64)49-46-43-40-37-34-32-30-28-26-24-22-20-17-14-11-8-5-2/h7-8,10-11,16-17,19-20,23-26,52,56-59,61,65-66H,4-6,9,12-15,18,21-22,27-51H2,1-3H3,(H,67,68)/b10-7-,11-8-,19-16-,20-17-,25-23-,26-24-. The Hall–Kier alpha value is -3.84. The smallest absolute Gasteiger partial charge is 0.335 e. The molecule has 0 spiro atoms. The zero-order valence-electron chi connectivity index (χ0n) is 45.9. The molecular weight excluding hydrogens is 925 g/mol. The lowest BCUT2D eigenvalue weighted by atomic mass is 9.98. The van der Waals surface area contributed by atoms with Crippen LogP contribution in [0.5, 0.6) is 0 Å². The third-order valence-electron chi connectivity index (χ3n) is 12.8. The molecule has 418 valence electrons. The average Bonchev–Trinajstić information content (AvgIpc) is 3.37. The van der Waals surface area contributed by atoms with E-state index in [2.05, 4.69) is 93.7 Å². The van der Waals surface area contributed by atoms with Gasteiger partial charge in [0.1, 0.15) is 18.8 Å². The summed E-state index contributed by atoms with van der Waals surface area (Å²) >= 11 is 0. The molecule has 1 heterocycles. The van der Waals surface area contributed by atoms with Gasteiger partial charge in [0.05, 0.1) is 6.61 Å². The molecule has 12 heteroatoms. The molecule has 0 aromatic rings. The normalized spacial score (nSPS) is 18.8. The van der Waals surface area contributed by atoms with Crippen LogP contribution >= 0.6 is 0 Å². The molecule has 73 heavy (non-hydrogen) atoms. The Morgan fingerprint density at radius 1 is 0.466 bits per heavy atom. The maximum atomic E-state index is 13.1. The van der Waals surface area contributed by atoms with Crippen LogP contribution in [0.1, 0.15) is 239 Å². The SMILES string of the molecule is CC/C=C\C/C=C\C/C=C\CCCCCCCCCC(=O)OCC(COC1OC(C(=O)O)C(O)C(O)C1OC(=O)CCCCCCCCC/C=C\C/C=C\C/C=C\CC)OC(=O)CCCCCCCCCCC. The van der Waals surface area contributed by atoms with Crippen molar-refractivity contribution < 1.29 is 58.2 Å². The molecule has 1 rings (SSSR count). The van der Waals surface area contributed by atoms with Crippen LogP contribution in [0, 0.1) is 0 Å². The fourth-order valence-electron chi connectivity index (χ4n) is 8.40. The van der Waals surface area contributed by atoms with Gasteiger partial charge in [0.15, 0.2) is 24.6 Å². The minimum Gasteiger partial charge on any atom is -0.479 e. The van der Waals surface area contributed by atoms with Gasteiger partial charge in [-0.2, -0.15) is 0 Å². The van der Waals surface area contributed by atoms with Gasteiger partial charge in [0.25, 0.3) is 0 Å². The maximum absolute atomic E-state index is 13.1. The summed E-state index contributed by atoms with van der Waals surface area (Å²) in [5.74, 6) is -3.14. The summed E-state index contributed by atoms with van der Waals surface area (Å²) in [4.78, 5) is 51.0. The van der Waals surface area contributed by atoms with Gasteiger partial charge >= 0.3 is 23.9 Å². The molecule has 1 fully saturated rings. The third kappa shape index (κ3) is 39.3. The predicted octanol–water partition coefficient (Wildman–Crippen LogP) is 14.6. The number of hydrogen-bond acceptors (Lipinski definition) is 11. The number of aliphatic hydroxyl groups excluding tert-OH is 2. The fourth-order valence-corrected chi connectivity index (χ4v) is 8.40. The number of carbonyl (C=O) groups excluding carboxylic acids is 3. The number of ether oxygens (including phenoxy) is 5. The first-order valence-corrected chi connectivity index (χ1v) is 28.9. The quantitative estimate of drug-likeness (QED) is 0.0228. The third-order valence-corrected chi connectivity index (χ3v) is 12.8. The first-order chi connectivity index (χ1) is 35.6. The molecular formula is C61H102O12. The summed E-state index contributed by atoms with van der Waals surface area (Å²) in [5, 5.41) is 31.4. The highest BCUT2D eigenvalue weighted by atomic mass is 16.7. The van der Waals surface area contributed by atoms with E-state index in [9.17, 15) is 34.5 Å². The molecule has 0 bridgehead atoms. The van der Waals surface area contributed by atoms with Gasteiger partial charge in [-0.25, -0.2) is 4.79 Å². The number of unbranched alkanes of at least 4 members (excludes halogenated alkanes) is 22. The maximum Gasteiger partial charge on any atom is 0.335 e. The second kappa shape index (κ2) is 49.1. The van der Waals surface area contributed by atoms with Crippen LogP contribution in [0.2, 0.25) is 0 Å². The monoisotopic (exact) mass is 1030 g/mol. The van der Waals surface area contributed by atoms with Crippen molar-refractivity contribution >= 4 is 23.9 Å². The van der Waals surface area contributed by atoms with Crippen LogP contribution in [0.3, 0.4) is 0 Å². The summed E-state index contributed by atoms with van der Waals surface area (Å²) in [6, 6.07) is 0. The van der Waals surface area contributed by atoms with E-state index in [0.29, 0.717) is 19.3 Å². The highest BCUT2D eigenvalue weighted by molar-refractivity contribution is 5.74. The van der Waals surface area contributed by atoms with Crippen LogP contribution < -0.4 is 0 Å². The molecule has 1 saturated heterocycles. The number of hydrogen-bond donors (Lipinski definition) is 3. The molecule has 0 amide bonds. The topological polar surface area (TPSA) is 175 Å². The Bertz CT molecular complexity index is 1550. The molecule has 0 aliphatic carbocycles. The Morgan fingerprint density at radius 3 is 1.32 bits per heavy atom. The van der Waals surface area contributed by atoms with E-state index in [1.807, 2.05) is 0 Å². The van der Waals surface area contributed by atoms with Gasteiger partial charge < -0.3 is 39.0 Å². The van der Waals surface area contributed by atoms with E-state index in [-0.39, 0.29) is 25.9 Å². The van der Waals surface area contributed by atoms with Crippen molar-refractivity contribution in [3.8, 4) is 0 Å². The number of carboxylic acids is 1. The van der Waals surface area contributed by atoms with Crippen LogP contribution in [-0.2, 0) is 42.9 Å². The van der Waals surface area contributed by atoms with E-state index < -0.39 is 67.3 Å². The number of allylic oxidation sites excluding steroid dienone is 12. The van der Waals surface area contributed by atoms with Crippen LogP contribution in [0.4, 0.5) is 0 Å². The van der Waals surface area contributed by atoms with Gasteiger partial charge in [0.2, 0.25) is 0 Å². The van der Waals surface area contributed by atoms with E-state index in [0.717, 1.165) is 141 Å². The lowest BCUT2D eigenvalue weighted by Crippen LogP contribution is -2.61. The van der Waals surface area contributed by atoms with Crippen molar-refractivity contribution in [3.63, 3.8) is 0 Å². The summed E-state index contributed by atoms with van der Waals surface area (Å²) in [6.07, 6.45) is 48.8. The van der Waals surface area contributed by atoms with Crippen molar-refractivity contribution in [2.45, 2.75) is 276 Å². The molecule has 6 atom stereocenters. The molecule has 6 unspecified atom stereocenters. The van der Waals surface area contributed by atoms with E-state index in [1.54, 1.807) is 0 Å². The van der Waals surface area contributed by atoms with Crippen molar-refractivity contribution in [2.75, 3.05) is 13.2 Å². The molecule has 0 aromatic carbocycles. The minimum atomic E-state index is -1.91. The highest BCUT2D eigenvalue weighted by Crippen LogP contribution is 2.26. The summed E-state index contributed by atoms with van der Waals surface area (Å²) in [5.41, 5.74) is 0. The van der Waals surface area contributed by atoms with Crippen molar-refractivity contribution in [1.82, 2.24) is 0 Å². The molecule has 1 aliphatic rings. The van der Waals surface area contributed by atoms with Crippen molar-refractivity contribution in [2.24, 2.45) is 0 Å². The highest BCUT2D eigenvalue weighted by Gasteiger charge is 2.50. The van der Waals surface area contributed by atoms with E-state index in [4.69, 9.17) is 23.7 Å². The number of esters is 3. The molecule has 12 nitrogen and oxygen atoms in total. The average molecular weight is 1030 g/mol. The number of rotatable bonds is 48. The van der Waals surface area contributed by atoms with Gasteiger partial charge in [-0.05, 0) is 83.5 Å². The van der Waals surface area contributed by atoms with Crippen molar-refractivity contribution in [3.05, 3.63) is 72.9 Å². The second-order valence-electron chi connectivity index (χ2n) is 19.5. The molecule has 3 N–H and O–H groups in total. The van der Waals surface area contributed by atoms with Crippen LogP contribution in [0.25, 0.3) is 0 Å². The number of carboxylic acid groups (broad SMARTS) is 1. The number of aliphatic carboxylic acids is 1. The van der Waals surface area contributed by atoms with Gasteiger partial charge in [-0.3, -0.25) is 14.4 Å². The summed E-state index contributed by atoms with van der Waals surface area (Å²) in [6.45, 7) is 5.73.